The summed E-state index contributed by atoms with van der Waals surface area (Å²) in [6.45, 7) is 2.86. The Morgan fingerprint density at radius 1 is 1.35 bits per heavy atom. The molecular formula is C17H17ClN2O3. The molecule has 0 aliphatic carbocycles. The molecule has 0 fully saturated rings. The molecule has 1 amide bonds. The Hall–Kier alpha value is -2.27. The Balaban J connectivity index is 1.67. The van der Waals surface area contributed by atoms with Crippen LogP contribution in [0.2, 0.25) is 5.02 Å². The van der Waals surface area contributed by atoms with E-state index in [-0.39, 0.29) is 18.4 Å². The number of nitrogens with one attached hydrogen (secondary N) is 1. The van der Waals surface area contributed by atoms with Crippen LogP contribution in [0.15, 0.2) is 36.5 Å². The second-order valence-corrected chi connectivity index (χ2v) is 5.73. The molecule has 0 saturated heterocycles. The number of pyridine rings is 1. The molecule has 2 heterocycles. The van der Waals surface area contributed by atoms with E-state index in [0.717, 1.165) is 11.3 Å². The van der Waals surface area contributed by atoms with Crippen molar-refractivity contribution in [2.45, 2.75) is 19.4 Å². The lowest BCUT2D eigenvalue weighted by atomic mass is 10.1. The van der Waals surface area contributed by atoms with E-state index in [1.54, 1.807) is 18.3 Å². The van der Waals surface area contributed by atoms with Crippen molar-refractivity contribution >= 4 is 17.5 Å². The van der Waals surface area contributed by atoms with Crippen LogP contribution in [-0.4, -0.2) is 24.1 Å². The lowest BCUT2D eigenvalue weighted by Gasteiger charge is -2.20. The second-order valence-electron chi connectivity index (χ2n) is 5.32. The first-order valence-corrected chi connectivity index (χ1v) is 7.79. The van der Waals surface area contributed by atoms with Gasteiger partial charge in [-0.3, -0.25) is 9.78 Å². The lowest BCUT2D eigenvalue weighted by Crippen LogP contribution is -2.28. The molecule has 1 aromatic heterocycles. The summed E-state index contributed by atoms with van der Waals surface area (Å²) < 4.78 is 11.0. The van der Waals surface area contributed by atoms with E-state index in [4.69, 9.17) is 21.1 Å². The number of hydrogen-bond acceptors (Lipinski definition) is 4. The van der Waals surface area contributed by atoms with E-state index in [1.807, 2.05) is 25.1 Å². The summed E-state index contributed by atoms with van der Waals surface area (Å²) in [7, 11) is 0. The molecule has 2 aromatic rings. The summed E-state index contributed by atoms with van der Waals surface area (Å²) in [5.74, 6) is 1.03. The molecule has 6 heteroatoms. The van der Waals surface area contributed by atoms with Gasteiger partial charge in [-0.25, -0.2) is 0 Å². The number of carbonyl (C=O) groups excluding carboxylic acids is 1. The average Bonchev–Trinajstić information content (AvgIpc) is 2.55. The number of hydrogen-bond donors (Lipinski definition) is 1. The fourth-order valence-electron chi connectivity index (χ4n) is 2.45. The third kappa shape index (κ3) is 3.74. The second kappa shape index (κ2) is 6.87. The Morgan fingerprint density at radius 2 is 2.17 bits per heavy atom. The summed E-state index contributed by atoms with van der Waals surface area (Å²) >= 11 is 6.19. The predicted molar refractivity (Wildman–Crippen MR) is 86.9 cm³/mol. The number of aromatic nitrogens is 1. The highest BCUT2D eigenvalue weighted by Gasteiger charge is 2.18. The van der Waals surface area contributed by atoms with Gasteiger partial charge in [-0.15, -0.1) is 0 Å². The van der Waals surface area contributed by atoms with Crippen molar-refractivity contribution in [3.63, 3.8) is 0 Å². The SMILES string of the molecule is C[C@@H](NC(=O)Cc1cc(Cl)c2c(c1)OCCO2)c1ccccn1. The van der Waals surface area contributed by atoms with Crippen molar-refractivity contribution in [2.75, 3.05) is 13.2 Å². The number of fused-ring (bicyclic) bond motifs is 1. The average molecular weight is 333 g/mol. The molecule has 0 unspecified atom stereocenters. The fraction of sp³-hybridized carbons (Fsp3) is 0.294. The quantitative estimate of drug-likeness (QED) is 0.935. The van der Waals surface area contributed by atoms with Gasteiger partial charge < -0.3 is 14.8 Å². The highest BCUT2D eigenvalue weighted by Crippen LogP contribution is 2.38. The van der Waals surface area contributed by atoms with Crippen molar-refractivity contribution in [3.8, 4) is 11.5 Å². The number of carbonyl (C=O) groups is 1. The third-order valence-electron chi connectivity index (χ3n) is 3.53. The molecule has 23 heavy (non-hydrogen) atoms. The Labute approximate surface area is 139 Å². The molecule has 0 saturated carbocycles. The number of benzene rings is 1. The van der Waals surface area contributed by atoms with Crippen molar-refractivity contribution in [2.24, 2.45) is 0 Å². The largest absolute Gasteiger partial charge is 0.486 e. The van der Waals surface area contributed by atoms with Crippen LogP contribution in [0.4, 0.5) is 0 Å². The van der Waals surface area contributed by atoms with E-state index < -0.39 is 0 Å². The smallest absolute Gasteiger partial charge is 0.224 e. The number of halogens is 1. The summed E-state index contributed by atoms with van der Waals surface area (Å²) in [5, 5.41) is 3.39. The standard InChI is InChI=1S/C17H17ClN2O3/c1-11(14-4-2-3-5-19-14)20-16(21)10-12-8-13(18)17-15(9-12)22-6-7-23-17/h2-5,8-9,11H,6-7,10H2,1H3,(H,20,21)/t11-/m1/s1. The Bertz CT molecular complexity index is 706. The van der Waals surface area contributed by atoms with Gasteiger partial charge in [0.1, 0.15) is 13.2 Å². The molecule has 1 aliphatic heterocycles. The zero-order valence-electron chi connectivity index (χ0n) is 12.7. The van der Waals surface area contributed by atoms with Gasteiger partial charge in [-0.2, -0.15) is 0 Å². The molecule has 1 N–H and O–H groups in total. The molecule has 3 rings (SSSR count). The van der Waals surface area contributed by atoms with Crippen LogP contribution in [0.3, 0.4) is 0 Å². The highest BCUT2D eigenvalue weighted by atomic mass is 35.5. The first-order chi connectivity index (χ1) is 11.1. The number of ether oxygens (including phenoxy) is 2. The van der Waals surface area contributed by atoms with Crippen LogP contribution in [0.5, 0.6) is 11.5 Å². The first kappa shape index (κ1) is 15.6. The summed E-state index contributed by atoms with van der Waals surface area (Å²) in [4.78, 5) is 16.5. The van der Waals surface area contributed by atoms with E-state index in [0.29, 0.717) is 29.7 Å². The molecule has 1 aromatic carbocycles. The first-order valence-electron chi connectivity index (χ1n) is 7.42. The van der Waals surface area contributed by atoms with Gasteiger partial charge in [0.2, 0.25) is 5.91 Å². The molecule has 1 atom stereocenters. The maximum atomic E-state index is 12.2. The minimum Gasteiger partial charge on any atom is -0.486 e. The van der Waals surface area contributed by atoms with Gasteiger partial charge in [0.25, 0.3) is 0 Å². The van der Waals surface area contributed by atoms with Crippen LogP contribution < -0.4 is 14.8 Å². The van der Waals surface area contributed by atoms with Crippen LogP contribution in [0, 0.1) is 0 Å². The molecule has 0 spiro atoms. The monoisotopic (exact) mass is 332 g/mol. The highest BCUT2D eigenvalue weighted by molar-refractivity contribution is 6.32. The molecule has 5 nitrogen and oxygen atoms in total. The topological polar surface area (TPSA) is 60.5 Å². The van der Waals surface area contributed by atoms with Crippen LogP contribution in [-0.2, 0) is 11.2 Å². The van der Waals surface area contributed by atoms with Crippen molar-refractivity contribution < 1.29 is 14.3 Å². The maximum Gasteiger partial charge on any atom is 0.224 e. The van der Waals surface area contributed by atoms with Crippen LogP contribution in [0.1, 0.15) is 24.2 Å². The Kier molecular flexibility index (Phi) is 4.67. The van der Waals surface area contributed by atoms with Gasteiger partial charge in [-0.1, -0.05) is 17.7 Å². The van der Waals surface area contributed by atoms with Gasteiger partial charge in [0.15, 0.2) is 11.5 Å². The van der Waals surface area contributed by atoms with Gasteiger partial charge in [-0.05, 0) is 36.8 Å². The molecule has 0 bridgehead atoms. The molecule has 0 radical (unpaired) electrons. The normalized spacial score (nSPS) is 14.2. The number of nitrogens with zero attached hydrogens (tertiary/aromatic N) is 1. The number of amides is 1. The summed E-state index contributed by atoms with van der Waals surface area (Å²) in [6, 6.07) is 8.99. The third-order valence-corrected chi connectivity index (χ3v) is 3.81. The fourth-order valence-corrected chi connectivity index (χ4v) is 2.74. The van der Waals surface area contributed by atoms with E-state index >= 15 is 0 Å². The van der Waals surface area contributed by atoms with Gasteiger partial charge in [0, 0.05) is 6.20 Å². The van der Waals surface area contributed by atoms with Crippen molar-refractivity contribution in [3.05, 3.63) is 52.8 Å². The zero-order valence-corrected chi connectivity index (χ0v) is 13.5. The van der Waals surface area contributed by atoms with Gasteiger partial charge in [0.05, 0.1) is 23.2 Å². The van der Waals surface area contributed by atoms with E-state index in [1.165, 1.54) is 0 Å². The summed E-state index contributed by atoms with van der Waals surface area (Å²) in [5.41, 5.74) is 1.60. The Morgan fingerprint density at radius 3 is 2.96 bits per heavy atom. The minimum absolute atomic E-state index is 0.101. The van der Waals surface area contributed by atoms with Crippen molar-refractivity contribution in [1.82, 2.24) is 10.3 Å². The van der Waals surface area contributed by atoms with Gasteiger partial charge >= 0.3 is 0 Å². The van der Waals surface area contributed by atoms with Crippen LogP contribution in [0.25, 0.3) is 0 Å². The lowest BCUT2D eigenvalue weighted by molar-refractivity contribution is -0.121. The number of rotatable bonds is 4. The van der Waals surface area contributed by atoms with Crippen molar-refractivity contribution in [1.29, 1.82) is 0 Å². The molecule has 1 aliphatic rings. The predicted octanol–water partition coefficient (Wildman–Crippen LogP) is 2.93. The molecular weight excluding hydrogens is 316 g/mol. The maximum absolute atomic E-state index is 12.2. The zero-order chi connectivity index (χ0) is 16.2. The van der Waals surface area contributed by atoms with Crippen LogP contribution >= 0.6 is 11.6 Å². The van der Waals surface area contributed by atoms with E-state index in [2.05, 4.69) is 10.3 Å². The summed E-state index contributed by atoms with van der Waals surface area (Å²) in [6.07, 6.45) is 1.92. The minimum atomic E-state index is -0.156. The molecule has 120 valence electrons. The van der Waals surface area contributed by atoms with E-state index in [9.17, 15) is 4.79 Å².